The maximum absolute atomic E-state index is 12.9. The molecule has 2 aromatic rings. The molecule has 0 saturated carbocycles. The molecule has 0 amide bonds. The van der Waals surface area contributed by atoms with Gasteiger partial charge in [-0.1, -0.05) is 24.3 Å². The third kappa shape index (κ3) is 4.12. The van der Waals surface area contributed by atoms with Crippen LogP contribution in [0.1, 0.15) is 11.1 Å². The van der Waals surface area contributed by atoms with Crippen LogP contribution in [0, 0.1) is 11.6 Å². The first kappa shape index (κ1) is 15.1. The number of hydrogen-bond acceptors (Lipinski definition) is 2. The van der Waals surface area contributed by atoms with Crippen LogP contribution >= 0.6 is 0 Å². The van der Waals surface area contributed by atoms with Gasteiger partial charge in [0.25, 0.3) is 0 Å². The third-order valence-corrected chi connectivity index (χ3v) is 4.10. The second kappa shape index (κ2) is 6.99. The smallest absolute Gasteiger partial charge is 0.123 e. The van der Waals surface area contributed by atoms with Crippen LogP contribution in [0.2, 0.25) is 0 Å². The van der Waals surface area contributed by atoms with Crippen LogP contribution in [-0.4, -0.2) is 36.0 Å². The van der Waals surface area contributed by atoms with Gasteiger partial charge in [0.2, 0.25) is 0 Å². The van der Waals surface area contributed by atoms with E-state index in [-0.39, 0.29) is 11.6 Å². The van der Waals surface area contributed by atoms with Gasteiger partial charge in [0.15, 0.2) is 0 Å². The molecule has 2 aromatic carbocycles. The summed E-state index contributed by atoms with van der Waals surface area (Å²) in [4.78, 5) is 4.77. The predicted molar refractivity (Wildman–Crippen MR) is 83.4 cm³/mol. The van der Waals surface area contributed by atoms with E-state index < -0.39 is 0 Å². The zero-order valence-electron chi connectivity index (χ0n) is 12.5. The van der Waals surface area contributed by atoms with Crippen LogP contribution in [0.15, 0.2) is 48.5 Å². The highest BCUT2D eigenvalue weighted by atomic mass is 19.1. The van der Waals surface area contributed by atoms with Crippen LogP contribution in [-0.2, 0) is 13.1 Å². The lowest BCUT2D eigenvalue weighted by Gasteiger charge is -2.34. The average molecular weight is 302 g/mol. The van der Waals surface area contributed by atoms with Crippen molar-refractivity contribution in [1.82, 2.24) is 9.80 Å². The SMILES string of the molecule is Fc1ccc(CN2CCN(Cc3ccc(F)cc3)CC2)cc1. The molecule has 1 heterocycles. The zero-order chi connectivity index (χ0) is 15.4. The Hall–Kier alpha value is -1.78. The van der Waals surface area contributed by atoms with Gasteiger partial charge >= 0.3 is 0 Å². The Kier molecular flexibility index (Phi) is 4.80. The lowest BCUT2D eigenvalue weighted by Crippen LogP contribution is -2.45. The predicted octanol–water partition coefficient (Wildman–Crippen LogP) is 3.28. The van der Waals surface area contributed by atoms with Crippen LogP contribution in [0.4, 0.5) is 8.78 Å². The Labute approximate surface area is 130 Å². The average Bonchev–Trinajstić information content (AvgIpc) is 2.54. The summed E-state index contributed by atoms with van der Waals surface area (Å²) in [6.07, 6.45) is 0. The molecular weight excluding hydrogens is 282 g/mol. The first-order valence-corrected chi connectivity index (χ1v) is 7.63. The molecule has 0 N–H and O–H groups in total. The summed E-state index contributed by atoms with van der Waals surface area (Å²) in [6, 6.07) is 13.4. The molecule has 1 fully saturated rings. The quantitative estimate of drug-likeness (QED) is 0.855. The molecule has 0 unspecified atom stereocenters. The highest BCUT2D eigenvalue weighted by molar-refractivity contribution is 5.17. The molecule has 2 nitrogen and oxygen atoms in total. The molecular formula is C18H20F2N2. The molecule has 0 radical (unpaired) electrons. The number of nitrogens with zero attached hydrogens (tertiary/aromatic N) is 2. The van der Waals surface area contributed by atoms with Crippen molar-refractivity contribution in [2.45, 2.75) is 13.1 Å². The van der Waals surface area contributed by atoms with E-state index in [4.69, 9.17) is 0 Å². The van der Waals surface area contributed by atoms with Crippen molar-refractivity contribution in [2.24, 2.45) is 0 Å². The molecule has 3 rings (SSSR count). The number of halogens is 2. The maximum Gasteiger partial charge on any atom is 0.123 e. The van der Waals surface area contributed by atoms with E-state index in [2.05, 4.69) is 9.80 Å². The van der Waals surface area contributed by atoms with Gasteiger partial charge in [0.05, 0.1) is 0 Å². The monoisotopic (exact) mass is 302 g/mol. The summed E-state index contributed by atoms with van der Waals surface area (Å²) in [5, 5.41) is 0. The second-order valence-corrected chi connectivity index (χ2v) is 5.81. The number of benzene rings is 2. The normalized spacial score (nSPS) is 16.8. The van der Waals surface area contributed by atoms with E-state index in [0.29, 0.717) is 0 Å². The van der Waals surface area contributed by atoms with E-state index in [9.17, 15) is 8.78 Å². The van der Waals surface area contributed by atoms with Crippen molar-refractivity contribution in [3.05, 3.63) is 71.3 Å². The summed E-state index contributed by atoms with van der Waals surface area (Å²) in [5.41, 5.74) is 2.29. The second-order valence-electron chi connectivity index (χ2n) is 5.81. The lowest BCUT2D eigenvalue weighted by molar-refractivity contribution is 0.122. The van der Waals surface area contributed by atoms with Crippen molar-refractivity contribution in [2.75, 3.05) is 26.2 Å². The molecule has 1 saturated heterocycles. The molecule has 0 atom stereocenters. The molecule has 1 aliphatic rings. The molecule has 1 aliphatic heterocycles. The van der Waals surface area contributed by atoms with Gasteiger partial charge in [-0.15, -0.1) is 0 Å². The van der Waals surface area contributed by atoms with Crippen LogP contribution in [0.3, 0.4) is 0 Å². The molecule has 0 aliphatic carbocycles. The maximum atomic E-state index is 12.9. The largest absolute Gasteiger partial charge is 0.297 e. The van der Waals surface area contributed by atoms with Crippen LogP contribution in [0.5, 0.6) is 0 Å². The fraction of sp³-hybridized carbons (Fsp3) is 0.333. The van der Waals surface area contributed by atoms with E-state index in [1.165, 1.54) is 24.3 Å². The first-order chi connectivity index (χ1) is 10.7. The van der Waals surface area contributed by atoms with Gasteiger partial charge in [0, 0.05) is 39.3 Å². The van der Waals surface area contributed by atoms with Gasteiger partial charge in [-0.2, -0.15) is 0 Å². The molecule has 4 heteroatoms. The standard InChI is InChI=1S/C18H20F2N2/c19-17-5-1-15(2-6-17)13-21-9-11-22(12-10-21)14-16-3-7-18(20)8-4-16/h1-8H,9-14H2. The Morgan fingerprint density at radius 3 is 1.23 bits per heavy atom. The summed E-state index contributed by atoms with van der Waals surface area (Å²) in [7, 11) is 0. The first-order valence-electron chi connectivity index (χ1n) is 7.63. The van der Waals surface area contributed by atoms with Gasteiger partial charge in [-0.25, -0.2) is 8.78 Å². The van der Waals surface area contributed by atoms with E-state index >= 15 is 0 Å². The van der Waals surface area contributed by atoms with Gasteiger partial charge in [-0.05, 0) is 35.4 Å². The Morgan fingerprint density at radius 1 is 0.591 bits per heavy atom. The topological polar surface area (TPSA) is 6.48 Å². The van der Waals surface area contributed by atoms with E-state index in [1.54, 1.807) is 0 Å². The van der Waals surface area contributed by atoms with Crippen molar-refractivity contribution >= 4 is 0 Å². The molecule has 0 bridgehead atoms. The van der Waals surface area contributed by atoms with Gasteiger partial charge in [-0.3, -0.25) is 9.80 Å². The van der Waals surface area contributed by atoms with Crippen molar-refractivity contribution in [3.8, 4) is 0 Å². The highest BCUT2D eigenvalue weighted by Gasteiger charge is 2.17. The van der Waals surface area contributed by atoms with Crippen molar-refractivity contribution in [3.63, 3.8) is 0 Å². The molecule has 0 spiro atoms. The third-order valence-electron chi connectivity index (χ3n) is 4.10. The molecule has 22 heavy (non-hydrogen) atoms. The minimum absolute atomic E-state index is 0.187. The minimum Gasteiger partial charge on any atom is -0.297 e. The van der Waals surface area contributed by atoms with Gasteiger partial charge < -0.3 is 0 Å². The highest BCUT2D eigenvalue weighted by Crippen LogP contribution is 2.12. The van der Waals surface area contributed by atoms with Crippen LogP contribution in [0.25, 0.3) is 0 Å². The fourth-order valence-corrected chi connectivity index (χ4v) is 2.80. The molecule has 0 aromatic heterocycles. The lowest BCUT2D eigenvalue weighted by atomic mass is 10.1. The molecule has 116 valence electrons. The van der Waals surface area contributed by atoms with Crippen molar-refractivity contribution in [1.29, 1.82) is 0 Å². The Morgan fingerprint density at radius 2 is 0.909 bits per heavy atom. The Balaban J connectivity index is 1.47. The Bertz CT molecular complexity index is 532. The van der Waals surface area contributed by atoms with Gasteiger partial charge in [0.1, 0.15) is 11.6 Å². The van der Waals surface area contributed by atoms with E-state index in [1.807, 2.05) is 24.3 Å². The number of hydrogen-bond donors (Lipinski definition) is 0. The van der Waals surface area contributed by atoms with Crippen molar-refractivity contribution < 1.29 is 8.78 Å². The zero-order valence-corrected chi connectivity index (χ0v) is 12.5. The minimum atomic E-state index is -0.187. The number of rotatable bonds is 4. The summed E-state index contributed by atoms with van der Waals surface area (Å²) >= 11 is 0. The fourth-order valence-electron chi connectivity index (χ4n) is 2.80. The number of piperazine rings is 1. The van der Waals surface area contributed by atoms with Crippen LogP contribution < -0.4 is 0 Å². The summed E-state index contributed by atoms with van der Waals surface area (Å²) < 4.78 is 25.8. The summed E-state index contributed by atoms with van der Waals surface area (Å²) in [6.45, 7) is 5.73. The van der Waals surface area contributed by atoms with E-state index in [0.717, 1.165) is 50.4 Å². The summed E-state index contributed by atoms with van der Waals surface area (Å²) in [5.74, 6) is -0.374.